The third-order valence-electron chi connectivity index (χ3n) is 3.60. The van der Waals surface area contributed by atoms with Crippen LogP contribution in [0.4, 0.5) is 0 Å². The summed E-state index contributed by atoms with van der Waals surface area (Å²) in [4.78, 5) is 0. The number of ether oxygens (including phenoxy) is 1. The fraction of sp³-hybridized carbons (Fsp3) is 0.312. The molecule has 104 valence electrons. The zero-order valence-corrected chi connectivity index (χ0v) is 11.9. The molecule has 2 aromatic heterocycles. The lowest BCUT2D eigenvalue weighted by Gasteiger charge is -2.08. The molecule has 2 heterocycles. The first kappa shape index (κ1) is 12.8. The molecule has 0 atom stereocenters. The van der Waals surface area contributed by atoms with Crippen LogP contribution in [0.25, 0.3) is 10.9 Å². The standard InChI is InChI=1S/C16H19N3O/c1-3-20-16-6-4-5-15-14(16)9-12-19(15)11-8-13-7-10-17-18(13)2/h4-7,9-10,12H,3,8,11H2,1-2H3. The molecular weight excluding hydrogens is 250 g/mol. The lowest BCUT2D eigenvalue weighted by atomic mass is 10.2. The number of hydrogen-bond donors (Lipinski definition) is 0. The average Bonchev–Trinajstić information content (AvgIpc) is 3.04. The highest BCUT2D eigenvalue weighted by Crippen LogP contribution is 2.26. The third-order valence-corrected chi connectivity index (χ3v) is 3.60. The first-order chi connectivity index (χ1) is 9.79. The Balaban J connectivity index is 1.85. The van der Waals surface area contributed by atoms with Crippen LogP contribution in [0.2, 0.25) is 0 Å². The van der Waals surface area contributed by atoms with E-state index in [-0.39, 0.29) is 0 Å². The van der Waals surface area contributed by atoms with Crippen LogP contribution in [0, 0.1) is 0 Å². The van der Waals surface area contributed by atoms with E-state index in [1.54, 1.807) is 0 Å². The van der Waals surface area contributed by atoms with Crippen molar-refractivity contribution in [3.63, 3.8) is 0 Å². The number of aryl methyl sites for hydroxylation is 3. The molecule has 0 bridgehead atoms. The van der Waals surface area contributed by atoms with Crippen molar-refractivity contribution in [2.75, 3.05) is 6.61 Å². The SMILES string of the molecule is CCOc1cccc2c1ccn2CCc1ccnn1C. The van der Waals surface area contributed by atoms with Crippen LogP contribution in [-0.2, 0) is 20.0 Å². The van der Waals surface area contributed by atoms with Gasteiger partial charge in [-0.3, -0.25) is 4.68 Å². The fourth-order valence-corrected chi connectivity index (χ4v) is 2.55. The summed E-state index contributed by atoms with van der Waals surface area (Å²) in [6.07, 6.45) is 4.94. The summed E-state index contributed by atoms with van der Waals surface area (Å²) < 4.78 is 9.87. The van der Waals surface area contributed by atoms with Gasteiger partial charge in [0.15, 0.2) is 0 Å². The van der Waals surface area contributed by atoms with E-state index < -0.39 is 0 Å². The molecule has 0 radical (unpaired) electrons. The molecule has 0 aliphatic heterocycles. The molecule has 0 aliphatic carbocycles. The molecule has 20 heavy (non-hydrogen) atoms. The van der Waals surface area contributed by atoms with Gasteiger partial charge in [-0.05, 0) is 31.2 Å². The van der Waals surface area contributed by atoms with Crippen molar-refractivity contribution in [2.24, 2.45) is 7.05 Å². The van der Waals surface area contributed by atoms with E-state index in [1.807, 2.05) is 37.0 Å². The minimum atomic E-state index is 0.694. The fourth-order valence-electron chi connectivity index (χ4n) is 2.55. The molecule has 3 aromatic rings. The molecule has 0 aliphatic rings. The number of fused-ring (bicyclic) bond motifs is 1. The van der Waals surface area contributed by atoms with E-state index in [4.69, 9.17) is 4.74 Å². The Morgan fingerprint density at radius 1 is 1.20 bits per heavy atom. The number of hydrogen-bond acceptors (Lipinski definition) is 2. The second kappa shape index (κ2) is 5.41. The lowest BCUT2D eigenvalue weighted by molar-refractivity contribution is 0.344. The Morgan fingerprint density at radius 3 is 2.85 bits per heavy atom. The smallest absolute Gasteiger partial charge is 0.128 e. The van der Waals surface area contributed by atoms with Gasteiger partial charge in [-0.25, -0.2) is 0 Å². The van der Waals surface area contributed by atoms with Crippen molar-refractivity contribution in [2.45, 2.75) is 19.9 Å². The van der Waals surface area contributed by atoms with Crippen LogP contribution < -0.4 is 4.74 Å². The lowest BCUT2D eigenvalue weighted by Crippen LogP contribution is -2.04. The second-order valence-corrected chi connectivity index (χ2v) is 4.83. The number of aromatic nitrogens is 3. The molecule has 0 amide bonds. The van der Waals surface area contributed by atoms with Gasteiger partial charge in [-0.15, -0.1) is 0 Å². The van der Waals surface area contributed by atoms with E-state index in [1.165, 1.54) is 16.6 Å². The molecule has 1 aromatic carbocycles. The number of nitrogens with zero attached hydrogens (tertiary/aromatic N) is 3. The van der Waals surface area contributed by atoms with Crippen molar-refractivity contribution in [1.82, 2.24) is 14.3 Å². The minimum absolute atomic E-state index is 0.694. The van der Waals surface area contributed by atoms with E-state index in [0.29, 0.717) is 6.61 Å². The Hall–Kier alpha value is -2.23. The van der Waals surface area contributed by atoms with Gasteiger partial charge in [-0.2, -0.15) is 5.10 Å². The molecular formula is C16H19N3O. The van der Waals surface area contributed by atoms with Crippen molar-refractivity contribution < 1.29 is 4.74 Å². The predicted octanol–water partition coefficient (Wildman–Crippen LogP) is 3.02. The predicted molar refractivity (Wildman–Crippen MR) is 80.0 cm³/mol. The van der Waals surface area contributed by atoms with Gasteiger partial charge in [0.2, 0.25) is 0 Å². The van der Waals surface area contributed by atoms with Gasteiger partial charge in [0.05, 0.1) is 12.1 Å². The van der Waals surface area contributed by atoms with Crippen LogP contribution in [-0.4, -0.2) is 21.0 Å². The summed E-state index contributed by atoms with van der Waals surface area (Å²) in [5, 5.41) is 5.38. The molecule has 4 heteroatoms. The van der Waals surface area contributed by atoms with Crippen molar-refractivity contribution >= 4 is 10.9 Å². The normalized spacial score (nSPS) is 11.1. The highest BCUT2D eigenvalue weighted by Gasteiger charge is 2.07. The number of benzene rings is 1. The first-order valence-corrected chi connectivity index (χ1v) is 6.97. The zero-order valence-electron chi connectivity index (χ0n) is 11.9. The summed E-state index contributed by atoms with van der Waals surface area (Å²) >= 11 is 0. The molecule has 0 fully saturated rings. The summed E-state index contributed by atoms with van der Waals surface area (Å²) in [5.41, 5.74) is 2.46. The second-order valence-electron chi connectivity index (χ2n) is 4.83. The van der Waals surface area contributed by atoms with Crippen molar-refractivity contribution in [1.29, 1.82) is 0 Å². The highest BCUT2D eigenvalue weighted by molar-refractivity contribution is 5.86. The molecule has 0 saturated heterocycles. The Labute approximate surface area is 118 Å². The van der Waals surface area contributed by atoms with Crippen molar-refractivity contribution in [3.8, 4) is 5.75 Å². The monoisotopic (exact) mass is 269 g/mol. The Bertz CT molecular complexity index is 711. The largest absolute Gasteiger partial charge is 0.493 e. The topological polar surface area (TPSA) is 32.0 Å². The molecule has 4 nitrogen and oxygen atoms in total. The van der Waals surface area contributed by atoms with E-state index >= 15 is 0 Å². The van der Waals surface area contributed by atoms with Gasteiger partial charge in [0.1, 0.15) is 5.75 Å². The van der Waals surface area contributed by atoms with Crippen LogP contribution in [0.5, 0.6) is 5.75 Å². The van der Waals surface area contributed by atoms with E-state index in [2.05, 4.69) is 34.1 Å². The van der Waals surface area contributed by atoms with Gasteiger partial charge in [0, 0.05) is 43.5 Å². The zero-order chi connectivity index (χ0) is 13.9. The first-order valence-electron chi connectivity index (χ1n) is 6.97. The average molecular weight is 269 g/mol. The van der Waals surface area contributed by atoms with Crippen LogP contribution in [0.15, 0.2) is 42.7 Å². The summed E-state index contributed by atoms with van der Waals surface area (Å²) in [7, 11) is 1.98. The molecule has 0 saturated carbocycles. The van der Waals surface area contributed by atoms with Crippen LogP contribution in [0.1, 0.15) is 12.6 Å². The Kier molecular flexibility index (Phi) is 3.46. The summed E-state index contributed by atoms with van der Waals surface area (Å²) in [6.45, 7) is 3.65. The third kappa shape index (κ3) is 2.29. The Morgan fingerprint density at radius 2 is 2.10 bits per heavy atom. The van der Waals surface area contributed by atoms with E-state index in [0.717, 1.165) is 18.7 Å². The van der Waals surface area contributed by atoms with Gasteiger partial charge < -0.3 is 9.30 Å². The molecule has 0 N–H and O–H groups in total. The van der Waals surface area contributed by atoms with Gasteiger partial charge >= 0.3 is 0 Å². The van der Waals surface area contributed by atoms with E-state index in [9.17, 15) is 0 Å². The molecule has 0 unspecified atom stereocenters. The van der Waals surface area contributed by atoms with Gasteiger partial charge in [-0.1, -0.05) is 6.07 Å². The minimum Gasteiger partial charge on any atom is -0.493 e. The summed E-state index contributed by atoms with van der Waals surface area (Å²) in [6, 6.07) is 10.4. The summed E-state index contributed by atoms with van der Waals surface area (Å²) in [5.74, 6) is 0.962. The van der Waals surface area contributed by atoms with Crippen LogP contribution >= 0.6 is 0 Å². The highest BCUT2D eigenvalue weighted by atomic mass is 16.5. The maximum atomic E-state index is 5.67. The quantitative estimate of drug-likeness (QED) is 0.713. The number of rotatable bonds is 5. The van der Waals surface area contributed by atoms with Crippen LogP contribution in [0.3, 0.4) is 0 Å². The molecule has 3 rings (SSSR count). The maximum absolute atomic E-state index is 5.67. The van der Waals surface area contributed by atoms with Gasteiger partial charge in [0.25, 0.3) is 0 Å². The maximum Gasteiger partial charge on any atom is 0.128 e. The van der Waals surface area contributed by atoms with Crippen molar-refractivity contribution in [3.05, 3.63) is 48.4 Å². The molecule has 0 spiro atoms.